The van der Waals surface area contributed by atoms with Crippen molar-refractivity contribution in [3.8, 4) is 11.5 Å². The normalized spacial score (nSPS) is 10.9. The van der Waals surface area contributed by atoms with Crippen LogP contribution in [-0.2, 0) is 0 Å². The molecule has 27 heavy (non-hydrogen) atoms. The summed E-state index contributed by atoms with van der Waals surface area (Å²) >= 11 is 6.23. The molecule has 3 aromatic rings. The van der Waals surface area contributed by atoms with E-state index in [2.05, 4.69) is 15.5 Å². The molecule has 7 heteroatoms. The first-order valence-corrected chi connectivity index (χ1v) is 8.69. The van der Waals surface area contributed by atoms with Crippen LogP contribution in [0, 0.1) is 0 Å². The molecule has 0 fully saturated rings. The van der Waals surface area contributed by atoms with Crippen LogP contribution < -0.4 is 14.9 Å². The third-order valence-corrected chi connectivity index (χ3v) is 4.11. The van der Waals surface area contributed by atoms with Crippen LogP contribution in [0.5, 0.6) is 11.5 Å². The van der Waals surface area contributed by atoms with E-state index >= 15 is 0 Å². The number of pyridine rings is 1. The number of aromatic nitrogens is 1. The summed E-state index contributed by atoms with van der Waals surface area (Å²) in [6.07, 6.45) is 1.46. The number of nitrogens with zero attached hydrogens (tertiary/aromatic N) is 2. The molecule has 3 rings (SSSR count). The zero-order valence-electron chi connectivity index (χ0n) is 14.9. The first-order valence-electron chi connectivity index (χ1n) is 8.31. The minimum absolute atomic E-state index is 0.290. The van der Waals surface area contributed by atoms with Crippen LogP contribution in [0.3, 0.4) is 0 Å². The Morgan fingerprint density at radius 3 is 2.63 bits per heavy atom. The molecule has 2 aromatic carbocycles. The minimum Gasteiger partial charge on any atom is -0.497 e. The summed E-state index contributed by atoms with van der Waals surface area (Å²) in [5.74, 6) is 1.08. The second-order valence-corrected chi connectivity index (χ2v) is 5.94. The lowest BCUT2D eigenvalue weighted by Crippen LogP contribution is -2.17. The average Bonchev–Trinajstić information content (AvgIpc) is 2.68. The van der Waals surface area contributed by atoms with Crippen molar-refractivity contribution in [2.75, 3.05) is 13.7 Å². The standard InChI is InChI=1S/C20H18ClN3O3/c1-3-27-17-9-6-14-10-15(19(21)23-18(14)11-17)12-22-24-20(25)13-4-7-16(26-2)8-5-13/h4-12H,3H2,1-2H3,(H,24,25)/b22-12+. The second kappa shape index (κ2) is 8.51. The van der Waals surface area contributed by atoms with E-state index in [1.165, 1.54) is 6.21 Å². The molecule has 1 amide bonds. The monoisotopic (exact) mass is 383 g/mol. The van der Waals surface area contributed by atoms with Gasteiger partial charge in [-0.05, 0) is 49.4 Å². The number of halogens is 1. The summed E-state index contributed by atoms with van der Waals surface area (Å²) in [5, 5.41) is 5.15. The molecule has 6 nitrogen and oxygen atoms in total. The fraction of sp³-hybridized carbons (Fsp3) is 0.150. The van der Waals surface area contributed by atoms with Crippen LogP contribution in [0.2, 0.25) is 5.15 Å². The van der Waals surface area contributed by atoms with Crippen LogP contribution in [0.4, 0.5) is 0 Å². The number of fused-ring (bicyclic) bond motifs is 1. The Morgan fingerprint density at radius 1 is 1.19 bits per heavy atom. The zero-order chi connectivity index (χ0) is 19.2. The quantitative estimate of drug-likeness (QED) is 0.396. The highest BCUT2D eigenvalue weighted by Gasteiger charge is 2.06. The SMILES string of the molecule is CCOc1ccc2cc(/C=N/NC(=O)c3ccc(OC)cc3)c(Cl)nc2c1. The Hall–Kier alpha value is -3.12. The molecule has 1 aromatic heterocycles. The van der Waals surface area contributed by atoms with Gasteiger partial charge in [0.2, 0.25) is 0 Å². The second-order valence-electron chi connectivity index (χ2n) is 5.58. The third-order valence-electron chi connectivity index (χ3n) is 3.80. The molecular weight excluding hydrogens is 366 g/mol. The number of hydrogen-bond acceptors (Lipinski definition) is 5. The largest absolute Gasteiger partial charge is 0.497 e. The summed E-state index contributed by atoms with van der Waals surface area (Å²) in [7, 11) is 1.57. The van der Waals surface area contributed by atoms with Crippen LogP contribution in [0.25, 0.3) is 10.9 Å². The maximum Gasteiger partial charge on any atom is 0.271 e. The summed E-state index contributed by atoms with van der Waals surface area (Å²) in [6.45, 7) is 2.50. The topological polar surface area (TPSA) is 72.8 Å². The zero-order valence-corrected chi connectivity index (χ0v) is 15.7. The molecule has 0 aliphatic heterocycles. The Balaban J connectivity index is 1.73. The van der Waals surface area contributed by atoms with Gasteiger partial charge in [0.15, 0.2) is 0 Å². The first kappa shape index (κ1) is 18.7. The van der Waals surface area contributed by atoms with Crippen molar-refractivity contribution in [3.63, 3.8) is 0 Å². The van der Waals surface area contributed by atoms with Crippen molar-refractivity contribution in [2.45, 2.75) is 6.92 Å². The van der Waals surface area contributed by atoms with E-state index in [4.69, 9.17) is 21.1 Å². The molecule has 0 saturated carbocycles. The number of hydrogen-bond donors (Lipinski definition) is 1. The average molecular weight is 384 g/mol. The smallest absolute Gasteiger partial charge is 0.271 e. The first-order chi connectivity index (χ1) is 13.1. The van der Waals surface area contributed by atoms with E-state index in [9.17, 15) is 4.79 Å². The van der Waals surface area contributed by atoms with Gasteiger partial charge in [-0.15, -0.1) is 0 Å². The van der Waals surface area contributed by atoms with Gasteiger partial charge >= 0.3 is 0 Å². The molecule has 0 spiro atoms. The maximum absolute atomic E-state index is 12.1. The number of benzene rings is 2. The lowest BCUT2D eigenvalue weighted by molar-refractivity contribution is 0.0955. The molecule has 0 saturated heterocycles. The number of ether oxygens (including phenoxy) is 2. The highest BCUT2D eigenvalue weighted by atomic mass is 35.5. The van der Waals surface area contributed by atoms with Crippen LogP contribution in [-0.4, -0.2) is 30.8 Å². The van der Waals surface area contributed by atoms with Crippen molar-refractivity contribution < 1.29 is 14.3 Å². The van der Waals surface area contributed by atoms with E-state index < -0.39 is 0 Å². The Kier molecular flexibility index (Phi) is 5.88. The maximum atomic E-state index is 12.1. The van der Waals surface area contributed by atoms with Crippen molar-refractivity contribution in [1.29, 1.82) is 0 Å². The van der Waals surface area contributed by atoms with E-state index in [1.807, 2.05) is 31.2 Å². The Bertz CT molecular complexity index is 988. The van der Waals surface area contributed by atoms with Gasteiger partial charge in [0, 0.05) is 22.6 Å². The van der Waals surface area contributed by atoms with Gasteiger partial charge in [-0.2, -0.15) is 5.10 Å². The van der Waals surface area contributed by atoms with Gasteiger partial charge < -0.3 is 9.47 Å². The van der Waals surface area contributed by atoms with Crippen molar-refractivity contribution in [1.82, 2.24) is 10.4 Å². The highest BCUT2D eigenvalue weighted by molar-refractivity contribution is 6.32. The number of nitrogens with one attached hydrogen (secondary N) is 1. The molecule has 138 valence electrons. The lowest BCUT2D eigenvalue weighted by atomic mass is 10.1. The Morgan fingerprint density at radius 2 is 1.93 bits per heavy atom. The number of carbonyl (C=O) groups excluding carboxylic acids is 1. The molecule has 0 unspecified atom stereocenters. The third kappa shape index (κ3) is 4.54. The number of rotatable bonds is 6. The van der Waals surface area contributed by atoms with Crippen LogP contribution in [0.15, 0.2) is 53.6 Å². The number of amides is 1. The van der Waals surface area contributed by atoms with Crippen LogP contribution in [0.1, 0.15) is 22.8 Å². The van der Waals surface area contributed by atoms with E-state index in [0.717, 1.165) is 16.7 Å². The van der Waals surface area contributed by atoms with Gasteiger partial charge in [0.1, 0.15) is 16.7 Å². The van der Waals surface area contributed by atoms with Gasteiger partial charge in [-0.1, -0.05) is 11.6 Å². The van der Waals surface area contributed by atoms with Crippen LogP contribution >= 0.6 is 11.6 Å². The van der Waals surface area contributed by atoms with E-state index in [1.54, 1.807) is 31.4 Å². The fourth-order valence-corrected chi connectivity index (χ4v) is 2.65. The predicted octanol–water partition coefficient (Wildman–Crippen LogP) is 4.06. The molecular formula is C20H18ClN3O3. The fourth-order valence-electron chi connectivity index (χ4n) is 2.45. The van der Waals surface area contributed by atoms with Crippen molar-refractivity contribution in [2.24, 2.45) is 5.10 Å². The predicted molar refractivity (Wildman–Crippen MR) is 106 cm³/mol. The molecule has 0 aliphatic rings. The summed E-state index contributed by atoms with van der Waals surface area (Å²) in [5.41, 5.74) is 4.27. The molecule has 0 atom stereocenters. The van der Waals surface area contributed by atoms with Crippen molar-refractivity contribution >= 4 is 34.6 Å². The highest BCUT2D eigenvalue weighted by Crippen LogP contribution is 2.23. The number of carbonyl (C=O) groups is 1. The number of methoxy groups -OCH3 is 1. The van der Waals surface area contributed by atoms with Crippen molar-refractivity contribution in [3.05, 3.63) is 64.8 Å². The summed E-state index contributed by atoms with van der Waals surface area (Å²) in [4.78, 5) is 16.5. The molecule has 1 N–H and O–H groups in total. The van der Waals surface area contributed by atoms with Gasteiger partial charge in [0.25, 0.3) is 5.91 Å². The summed E-state index contributed by atoms with van der Waals surface area (Å²) < 4.78 is 10.5. The molecule has 0 aliphatic carbocycles. The molecule has 0 radical (unpaired) electrons. The van der Waals surface area contributed by atoms with Gasteiger partial charge in [-0.25, -0.2) is 10.4 Å². The summed E-state index contributed by atoms with van der Waals surface area (Å²) in [6, 6.07) is 14.2. The minimum atomic E-state index is -0.333. The van der Waals surface area contributed by atoms with Gasteiger partial charge in [0.05, 0.1) is 25.4 Å². The Labute approximate surface area is 161 Å². The lowest BCUT2D eigenvalue weighted by Gasteiger charge is -2.06. The van der Waals surface area contributed by atoms with Gasteiger partial charge in [-0.3, -0.25) is 4.79 Å². The number of hydrazone groups is 1. The van der Waals surface area contributed by atoms with E-state index in [0.29, 0.717) is 28.6 Å². The molecule has 1 heterocycles. The van der Waals surface area contributed by atoms with E-state index in [-0.39, 0.29) is 5.91 Å². The molecule has 0 bridgehead atoms.